The number of halogens is 1. The second kappa shape index (κ2) is 7.25. The van der Waals surface area contributed by atoms with Crippen molar-refractivity contribution in [2.45, 2.75) is 19.0 Å². The van der Waals surface area contributed by atoms with Crippen molar-refractivity contribution in [1.82, 2.24) is 15.2 Å². The molecule has 4 aromatic rings. The van der Waals surface area contributed by atoms with Crippen LogP contribution in [0.25, 0.3) is 22.2 Å². The van der Waals surface area contributed by atoms with Crippen molar-refractivity contribution >= 4 is 34.3 Å². The molecule has 154 valence electrons. The Morgan fingerprint density at radius 2 is 1.77 bits per heavy atom. The van der Waals surface area contributed by atoms with Gasteiger partial charge >= 0.3 is 6.03 Å². The van der Waals surface area contributed by atoms with Crippen molar-refractivity contribution < 1.29 is 14.0 Å². The second-order valence-electron chi connectivity index (χ2n) is 7.62. The van der Waals surface area contributed by atoms with Crippen LogP contribution in [0.2, 0.25) is 5.02 Å². The van der Waals surface area contributed by atoms with Crippen LogP contribution in [-0.2, 0) is 16.9 Å². The maximum Gasteiger partial charge on any atom is 0.325 e. The number of rotatable bonds is 4. The van der Waals surface area contributed by atoms with E-state index in [-0.39, 0.29) is 12.5 Å². The van der Waals surface area contributed by atoms with E-state index >= 15 is 0 Å². The predicted molar refractivity (Wildman–Crippen MR) is 117 cm³/mol. The summed E-state index contributed by atoms with van der Waals surface area (Å²) in [5.41, 5.74) is 0.832. The molecule has 31 heavy (non-hydrogen) atoms. The average molecular weight is 432 g/mol. The first-order chi connectivity index (χ1) is 15.0. The molecule has 3 amide bonds. The van der Waals surface area contributed by atoms with E-state index in [1.807, 2.05) is 42.5 Å². The van der Waals surface area contributed by atoms with Crippen LogP contribution in [0, 0.1) is 0 Å². The zero-order valence-electron chi connectivity index (χ0n) is 16.6. The topological polar surface area (TPSA) is 75.4 Å². The molecule has 6 nitrogen and oxygen atoms in total. The smallest absolute Gasteiger partial charge is 0.325 e. The van der Waals surface area contributed by atoms with Crippen molar-refractivity contribution in [3.05, 3.63) is 89.3 Å². The molecule has 3 aromatic carbocycles. The van der Waals surface area contributed by atoms with Crippen LogP contribution in [0.3, 0.4) is 0 Å². The lowest BCUT2D eigenvalue weighted by Gasteiger charge is -2.24. The summed E-state index contributed by atoms with van der Waals surface area (Å²) in [6.07, 6.45) is 1.46. The third kappa shape index (κ3) is 3.25. The Morgan fingerprint density at radius 3 is 2.58 bits per heavy atom. The van der Waals surface area contributed by atoms with E-state index < -0.39 is 11.6 Å². The molecule has 7 heteroatoms. The van der Waals surface area contributed by atoms with Gasteiger partial charge in [-0.3, -0.25) is 9.69 Å². The van der Waals surface area contributed by atoms with Gasteiger partial charge in [0.05, 0.1) is 12.2 Å². The standard InChI is InChI=1S/C24H18ClN3O3/c1-24(20-8-4-6-15-5-2-3-7-19(15)20)22(29)28(23(30)27-24)13-18-14-31-21(26-18)16-9-11-17(25)12-10-16/h2-12,14H,13H2,1H3,(H,27,30). The number of hydrogen-bond donors (Lipinski definition) is 1. The number of amides is 3. The van der Waals surface area contributed by atoms with Crippen molar-refractivity contribution in [3.8, 4) is 11.5 Å². The third-order valence-electron chi connectivity index (χ3n) is 5.57. The third-order valence-corrected chi connectivity index (χ3v) is 5.82. The van der Waals surface area contributed by atoms with E-state index in [2.05, 4.69) is 10.3 Å². The van der Waals surface area contributed by atoms with Gasteiger partial charge in [0.2, 0.25) is 5.89 Å². The Hall–Kier alpha value is -3.64. The van der Waals surface area contributed by atoms with Crippen molar-refractivity contribution in [2.75, 3.05) is 0 Å². The zero-order valence-corrected chi connectivity index (χ0v) is 17.4. The molecule has 1 aliphatic heterocycles. The highest BCUT2D eigenvalue weighted by atomic mass is 35.5. The fraction of sp³-hybridized carbons (Fsp3) is 0.125. The molecular formula is C24H18ClN3O3. The first-order valence-corrected chi connectivity index (χ1v) is 10.2. The van der Waals surface area contributed by atoms with Crippen molar-refractivity contribution in [1.29, 1.82) is 0 Å². The van der Waals surface area contributed by atoms with Gasteiger partial charge in [-0.15, -0.1) is 0 Å². The van der Waals surface area contributed by atoms with E-state index in [1.165, 1.54) is 11.2 Å². The van der Waals surface area contributed by atoms with Crippen molar-refractivity contribution in [3.63, 3.8) is 0 Å². The Labute approximate surface area is 183 Å². The molecule has 2 heterocycles. The van der Waals surface area contributed by atoms with Gasteiger partial charge in [-0.05, 0) is 47.5 Å². The van der Waals surface area contributed by atoms with Gasteiger partial charge in [-0.25, -0.2) is 9.78 Å². The van der Waals surface area contributed by atoms with E-state index in [1.54, 1.807) is 31.2 Å². The Bertz CT molecular complexity index is 1310. The molecule has 1 aromatic heterocycles. The first-order valence-electron chi connectivity index (χ1n) is 9.78. The Morgan fingerprint density at radius 1 is 1.03 bits per heavy atom. The zero-order chi connectivity index (χ0) is 21.6. The van der Waals surface area contributed by atoms with Crippen LogP contribution in [-0.4, -0.2) is 21.8 Å². The van der Waals surface area contributed by atoms with Crippen LogP contribution < -0.4 is 5.32 Å². The van der Waals surface area contributed by atoms with Crippen LogP contribution in [0.1, 0.15) is 18.2 Å². The van der Waals surface area contributed by atoms with Gasteiger partial charge in [-0.2, -0.15) is 0 Å². The molecular weight excluding hydrogens is 414 g/mol. The second-order valence-corrected chi connectivity index (χ2v) is 8.06. The number of fused-ring (bicyclic) bond motifs is 1. The van der Waals surface area contributed by atoms with Gasteiger partial charge in [0, 0.05) is 10.6 Å². The molecule has 1 atom stereocenters. The molecule has 0 spiro atoms. The average Bonchev–Trinajstić information content (AvgIpc) is 3.33. The molecule has 0 radical (unpaired) electrons. The maximum atomic E-state index is 13.4. The van der Waals surface area contributed by atoms with E-state index in [9.17, 15) is 9.59 Å². The summed E-state index contributed by atoms with van der Waals surface area (Å²) in [5, 5.41) is 5.41. The van der Waals surface area contributed by atoms with Gasteiger partial charge in [0.25, 0.3) is 5.91 Å². The normalized spacial score (nSPS) is 18.6. The van der Waals surface area contributed by atoms with Crippen LogP contribution in [0.15, 0.2) is 77.4 Å². The number of carbonyl (C=O) groups excluding carboxylic acids is 2. The minimum Gasteiger partial charge on any atom is -0.444 e. The predicted octanol–water partition coefficient (Wildman–Crippen LogP) is 5.12. The number of aromatic nitrogens is 1. The Balaban J connectivity index is 1.44. The number of nitrogens with one attached hydrogen (secondary N) is 1. The lowest BCUT2D eigenvalue weighted by atomic mass is 9.88. The summed E-state index contributed by atoms with van der Waals surface area (Å²) in [5.74, 6) is 0.0698. The van der Waals surface area contributed by atoms with Crippen LogP contribution >= 0.6 is 11.6 Å². The molecule has 1 N–H and O–H groups in total. The Kier molecular flexibility index (Phi) is 4.52. The lowest BCUT2D eigenvalue weighted by Crippen LogP contribution is -2.41. The summed E-state index contributed by atoms with van der Waals surface area (Å²) in [6, 6.07) is 20.2. The molecule has 5 rings (SSSR count). The van der Waals surface area contributed by atoms with E-state index in [0.29, 0.717) is 16.6 Å². The molecule has 1 saturated heterocycles. The van der Waals surface area contributed by atoms with E-state index in [0.717, 1.165) is 21.9 Å². The number of urea groups is 1. The highest BCUT2D eigenvalue weighted by molar-refractivity contribution is 6.30. The minimum absolute atomic E-state index is 0.0160. The molecule has 0 bridgehead atoms. The first kappa shape index (κ1) is 19.3. The number of benzene rings is 3. The van der Waals surface area contributed by atoms with Gasteiger partial charge in [0.1, 0.15) is 11.8 Å². The number of oxazole rings is 1. The number of hydrogen-bond acceptors (Lipinski definition) is 4. The summed E-state index contributed by atoms with van der Waals surface area (Å²) >= 11 is 5.92. The SMILES string of the molecule is CC1(c2cccc3ccccc23)NC(=O)N(Cc2coc(-c3ccc(Cl)cc3)n2)C1=O. The maximum absolute atomic E-state index is 13.4. The highest BCUT2D eigenvalue weighted by Gasteiger charge is 2.49. The number of imide groups is 1. The van der Waals surface area contributed by atoms with E-state index in [4.69, 9.17) is 16.0 Å². The largest absolute Gasteiger partial charge is 0.444 e. The quantitative estimate of drug-likeness (QED) is 0.455. The lowest BCUT2D eigenvalue weighted by molar-refractivity contribution is -0.131. The molecule has 1 unspecified atom stereocenters. The summed E-state index contributed by atoms with van der Waals surface area (Å²) < 4.78 is 5.54. The van der Waals surface area contributed by atoms with Crippen molar-refractivity contribution in [2.24, 2.45) is 0 Å². The summed E-state index contributed by atoms with van der Waals surface area (Å²) in [4.78, 5) is 31.7. The monoisotopic (exact) mass is 431 g/mol. The minimum atomic E-state index is -1.17. The van der Waals surface area contributed by atoms with Crippen LogP contribution in [0.5, 0.6) is 0 Å². The molecule has 0 aliphatic carbocycles. The summed E-state index contributed by atoms with van der Waals surface area (Å²) in [6.45, 7) is 1.75. The van der Waals surface area contributed by atoms with Gasteiger partial charge in [-0.1, -0.05) is 54.1 Å². The molecule has 1 fully saturated rings. The van der Waals surface area contributed by atoms with Gasteiger partial charge < -0.3 is 9.73 Å². The highest BCUT2D eigenvalue weighted by Crippen LogP contribution is 2.34. The fourth-order valence-corrected chi connectivity index (χ4v) is 4.08. The van der Waals surface area contributed by atoms with Crippen LogP contribution in [0.4, 0.5) is 4.79 Å². The molecule has 1 aliphatic rings. The van der Waals surface area contributed by atoms with Gasteiger partial charge in [0.15, 0.2) is 0 Å². The summed E-state index contributed by atoms with van der Waals surface area (Å²) in [7, 11) is 0. The number of carbonyl (C=O) groups is 2. The fourth-order valence-electron chi connectivity index (χ4n) is 3.95. The molecule has 0 saturated carbocycles. The number of nitrogens with zero attached hydrogens (tertiary/aromatic N) is 2.